The summed E-state index contributed by atoms with van der Waals surface area (Å²) in [7, 11) is 0. The maximum atomic E-state index is 13.3. The molecule has 1 aromatic carbocycles. The van der Waals surface area contributed by atoms with Crippen molar-refractivity contribution in [3.05, 3.63) is 75.1 Å². The van der Waals surface area contributed by atoms with Crippen LogP contribution in [0.5, 0.6) is 0 Å². The monoisotopic (exact) mass is 490 g/mol. The van der Waals surface area contributed by atoms with Gasteiger partial charge in [0.15, 0.2) is 0 Å². The van der Waals surface area contributed by atoms with Gasteiger partial charge in [0.25, 0.3) is 11.8 Å². The zero-order chi connectivity index (χ0) is 24.5. The number of morpholine rings is 1. The van der Waals surface area contributed by atoms with E-state index in [4.69, 9.17) is 4.74 Å². The average molecular weight is 491 g/mol. The number of benzene rings is 1. The third-order valence-corrected chi connectivity index (χ3v) is 7.68. The molecule has 0 radical (unpaired) electrons. The lowest BCUT2D eigenvalue weighted by Crippen LogP contribution is -2.45. The van der Waals surface area contributed by atoms with Gasteiger partial charge in [-0.1, -0.05) is 6.07 Å². The van der Waals surface area contributed by atoms with Crippen LogP contribution in [-0.4, -0.2) is 53.5 Å². The minimum atomic E-state index is -0.249. The first kappa shape index (κ1) is 23.5. The predicted octanol–water partition coefficient (Wildman–Crippen LogP) is 4.52. The van der Waals surface area contributed by atoms with Gasteiger partial charge in [-0.25, -0.2) is 4.98 Å². The Hall–Kier alpha value is -3.23. The highest BCUT2D eigenvalue weighted by Gasteiger charge is 2.25. The van der Waals surface area contributed by atoms with E-state index in [1.54, 1.807) is 23.6 Å². The summed E-state index contributed by atoms with van der Waals surface area (Å²) in [6, 6.07) is 11.2. The number of pyridine rings is 1. The normalized spacial score (nSPS) is 19.9. The molecular formula is C27H30N4O3S. The Kier molecular flexibility index (Phi) is 6.58. The van der Waals surface area contributed by atoms with Gasteiger partial charge in [-0.3, -0.25) is 9.59 Å². The molecule has 7 nitrogen and oxygen atoms in total. The van der Waals surface area contributed by atoms with Gasteiger partial charge in [0.1, 0.15) is 5.82 Å². The molecule has 5 rings (SSSR count). The molecule has 3 aromatic rings. The Balaban J connectivity index is 1.28. The van der Waals surface area contributed by atoms with Crippen molar-refractivity contribution >= 4 is 34.7 Å². The van der Waals surface area contributed by atoms with Crippen molar-refractivity contribution in [1.82, 2.24) is 9.88 Å². The van der Waals surface area contributed by atoms with Gasteiger partial charge in [-0.05, 0) is 74.0 Å². The first-order valence-corrected chi connectivity index (χ1v) is 12.9. The highest BCUT2D eigenvalue weighted by atomic mass is 32.1. The van der Waals surface area contributed by atoms with E-state index >= 15 is 0 Å². The van der Waals surface area contributed by atoms with Crippen LogP contribution in [0.15, 0.2) is 48.0 Å². The van der Waals surface area contributed by atoms with Crippen molar-refractivity contribution in [2.45, 2.75) is 45.9 Å². The molecule has 2 amide bonds. The Morgan fingerprint density at radius 1 is 1.11 bits per heavy atom. The summed E-state index contributed by atoms with van der Waals surface area (Å²) in [5.41, 5.74) is 3.72. The summed E-state index contributed by atoms with van der Waals surface area (Å²) in [6.45, 7) is 8.87. The van der Waals surface area contributed by atoms with Crippen LogP contribution in [0, 0.1) is 6.92 Å². The van der Waals surface area contributed by atoms with Crippen LogP contribution in [0.1, 0.15) is 50.6 Å². The third-order valence-electron chi connectivity index (χ3n) is 6.66. The second kappa shape index (κ2) is 9.79. The Labute approximate surface area is 209 Å². The van der Waals surface area contributed by atoms with Crippen molar-refractivity contribution in [2.75, 3.05) is 29.9 Å². The first-order valence-electron chi connectivity index (χ1n) is 12.0. The van der Waals surface area contributed by atoms with Gasteiger partial charge in [0, 0.05) is 48.5 Å². The SMILES string of the molecule is Cc1c(NC(=O)c2ccc(N3CC(C)OC(C)C3)nc2)cccc1C(=O)N1CCc2sccc2C1. The minimum Gasteiger partial charge on any atom is -0.372 e. The minimum absolute atomic E-state index is 0.00423. The van der Waals surface area contributed by atoms with E-state index in [-0.39, 0.29) is 24.0 Å². The molecule has 0 spiro atoms. The highest BCUT2D eigenvalue weighted by molar-refractivity contribution is 7.10. The van der Waals surface area contributed by atoms with Crippen molar-refractivity contribution in [3.63, 3.8) is 0 Å². The lowest BCUT2D eigenvalue weighted by molar-refractivity contribution is -0.00546. The van der Waals surface area contributed by atoms with Crippen LogP contribution in [-0.2, 0) is 17.7 Å². The van der Waals surface area contributed by atoms with Crippen LogP contribution in [0.25, 0.3) is 0 Å². The number of thiophene rings is 1. The van der Waals surface area contributed by atoms with E-state index in [9.17, 15) is 9.59 Å². The number of hydrogen-bond acceptors (Lipinski definition) is 6. The molecule has 4 heterocycles. The fourth-order valence-electron chi connectivity index (χ4n) is 4.86. The fourth-order valence-corrected chi connectivity index (χ4v) is 5.75. The largest absolute Gasteiger partial charge is 0.372 e. The molecule has 0 saturated carbocycles. The number of rotatable bonds is 4. The first-order chi connectivity index (χ1) is 16.9. The number of ether oxygens (including phenoxy) is 1. The van der Waals surface area contributed by atoms with Crippen LogP contribution < -0.4 is 10.2 Å². The number of amides is 2. The molecule has 1 fully saturated rings. The topological polar surface area (TPSA) is 74.8 Å². The number of carbonyl (C=O) groups is 2. The highest BCUT2D eigenvalue weighted by Crippen LogP contribution is 2.27. The van der Waals surface area contributed by atoms with E-state index in [1.165, 1.54) is 10.4 Å². The van der Waals surface area contributed by atoms with E-state index in [0.717, 1.165) is 30.9 Å². The van der Waals surface area contributed by atoms with E-state index in [0.29, 0.717) is 29.9 Å². The molecule has 0 aliphatic carbocycles. The maximum absolute atomic E-state index is 13.3. The number of hydrogen-bond donors (Lipinski definition) is 1. The molecule has 35 heavy (non-hydrogen) atoms. The van der Waals surface area contributed by atoms with Gasteiger partial charge in [0.05, 0.1) is 17.8 Å². The summed E-state index contributed by atoms with van der Waals surface area (Å²) in [5.74, 6) is 0.583. The molecule has 2 aromatic heterocycles. The van der Waals surface area contributed by atoms with Crippen LogP contribution in [0.2, 0.25) is 0 Å². The smallest absolute Gasteiger partial charge is 0.257 e. The van der Waals surface area contributed by atoms with Crippen LogP contribution >= 0.6 is 11.3 Å². The van der Waals surface area contributed by atoms with E-state index < -0.39 is 0 Å². The summed E-state index contributed by atoms with van der Waals surface area (Å²) in [4.78, 5) is 36.2. The molecule has 1 saturated heterocycles. The molecule has 8 heteroatoms. The van der Waals surface area contributed by atoms with Gasteiger partial charge >= 0.3 is 0 Å². The van der Waals surface area contributed by atoms with Gasteiger partial charge < -0.3 is 19.9 Å². The van der Waals surface area contributed by atoms with Crippen molar-refractivity contribution < 1.29 is 14.3 Å². The van der Waals surface area contributed by atoms with Crippen molar-refractivity contribution in [3.8, 4) is 0 Å². The third kappa shape index (κ3) is 4.94. The summed E-state index contributed by atoms with van der Waals surface area (Å²) in [6.07, 6.45) is 2.77. The summed E-state index contributed by atoms with van der Waals surface area (Å²) >= 11 is 1.76. The Morgan fingerprint density at radius 3 is 2.66 bits per heavy atom. The maximum Gasteiger partial charge on any atom is 0.257 e. The van der Waals surface area contributed by atoms with Crippen molar-refractivity contribution in [1.29, 1.82) is 0 Å². The molecular weight excluding hydrogens is 460 g/mol. The number of nitrogens with zero attached hydrogens (tertiary/aromatic N) is 3. The molecule has 0 bridgehead atoms. The Morgan fingerprint density at radius 2 is 1.91 bits per heavy atom. The standard InChI is InChI=1S/C27H30N4O3S/c1-17-14-31(15-18(2)34-17)25-8-7-20(13-28-25)26(32)29-23-6-4-5-22(19(23)3)27(33)30-11-9-24-21(16-30)10-12-35-24/h4-8,10,12-13,17-18H,9,11,14-16H2,1-3H3,(H,29,32). The molecule has 2 unspecified atom stereocenters. The number of carbonyl (C=O) groups excluding carboxylic acids is 2. The molecule has 182 valence electrons. The lowest BCUT2D eigenvalue weighted by Gasteiger charge is -2.36. The molecule has 2 atom stereocenters. The fraction of sp³-hybridized carbons (Fsp3) is 0.370. The number of fused-ring (bicyclic) bond motifs is 1. The summed E-state index contributed by atoms with van der Waals surface area (Å²) in [5, 5.41) is 5.05. The van der Waals surface area contributed by atoms with E-state index in [2.05, 4.69) is 40.5 Å². The number of anilines is 2. The Bertz CT molecular complexity index is 1230. The van der Waals surface area contributed by atoms with Crippen LogP contribution in [0.4, 0.5) is 11.5 Å². The number of nitrogens with one attached hydrogen (secondary N) is 1. The lowest BCUT2D eigenvalue weighted by atomic mass is 10.0. The van der Waals surface area contributed by atoms with E-state index in [1.807, 2.05) is 36.1 Å². The zero-order valence-corrected chi connectivity index (χ0v) is 21.1. The second-order valence-electron chi connectivity index (χ2n) is 9.35. The summed E-state index contributed by atoms with van der Waals surface area (Å²) < 4.78 is 5.79. The molecule has 2 aliphatic rings. The van der Waals surface area contributed by atoms with Gasteiger partial charge in [-0.15, -0.1) is 11.3 Å². The average Bonchev–Trinajstić information content (AvgIpc) is 3.32. The van der Waals surface area contributed by atoms with Crippen LogP contribution in [0.3, 0.4) is 0 Å². The molecule has 2 aliphatic heterocycles. The predicted molar refractivity (Wildman–Crippen MR) is 138 cm³/mol. The number of aromatic nitrogens is 1. The van der Waals surface area contributed by atoms with Gasteiger partial charge in [0.2, 0.25) is 0 Å². The second-order valence-corrected chi connectivity index (χ2v) is 10.3. The van der Waals surface area contributed by atoms with Crippen molar-refractivity contribution in [2.24, 2.45) is 0 Å². The van der Waals surface area contributed by atoms with Gasteiger partial charge in [-0.2, -0.15) is 0 Å². The zero-order valence-electron chi connectivity index (χ0n) is 20.3. The quantitative estimate of drug-likeness (QED) is 0.582. The molecule has 1 N–H and O–H groups in total.